The van der Waals surface area contributed by atoms with Gasteiger partial charge in [-0.1, -0.05) is 66.7 Å². The van der Waals surface area contributed by atoms with Gasteiger partial charge in [0.1, 0.15) is 0 Å². The molecule has 0 aliphatic carbocycles. The SMILES string of the molecule is c1ccc(Nc2cc3cccc4ccc5cccc2c5c43)cc1. The maximum absolute atomic E-state index is 3.59. The molecule has 0 aliphatic rings. The zero-order chi connectivity index (χ0) is 15.2. The molecule has 0 unspecified atom stereocenters. The maximum atomic E-state index is 3.59. The van der Waals surface area contributed by atoms with E-state index in [1.54, 1.807) is 0 Å². The van der Waals surface area contributed by atoms with Crippen LogP contribution in [0.5, 0.6) is 0 Å². The van der Waals surface area contributed by atoms with Crippen LogP contribution >= 0.6 is 0 Å². The molecule has 1 nitrogen and oxygen atoms in total. The Morgan fingerprint density at radius 3 is 2.04 bits per heavy atom. The molecule has 5 rings (SSSR count). The van der Waals surface area contributed by atoms with Crippen LogP contribution in [0.1, 0.15) is 0 Å². The first-order valence-electron chi connectivity index (χ1n) is 7.89. The van der Waals surface area contributed by atoms with Crippen molar-refractivity contribution in [3.05, 3.63) is 84.9 Å². The van der Waals surface area contributed by atoms with Gasteiger partial charge in [-0.05, 0) is 45.1 Å². The summed E-state index contributed by atoms with van der Waals surface area (Å²) in [5, 5.41) is 11.4. The number of hydrogen-bond donors (Lipinski definition) is 1. The summed E-state index contributed by atoms with van der Waals surface area (Å²) in [6.45, 7) is 0. The summed E-state index contributed by atoms with van der Waals surface area (Å²) in [6, 6.07) is 30.1. The van der Waals surface area contributed by atoms with Crippen LogP contribution in [0.3, 0.4) is 0 Å². The second kappa shape index (κ2) is 4.72. The molecule has 0 fully saturated rings. The number of para-hydroxylation sites is 1. The third kappa shape index (κ3) is 1.87. The molecule has 0 saturated heterocycles. The summed E-state index contributed by atoms with van der Waals surface area (Å²) in [6.07, 6.45) is 0. The molecule has 23 heavy (non-hydrogen) atoms. The van der Waals surface area contributed by atoms with Crippen LogP contribution in [0, 0.1) is 0 Å². The number of hydrogen-bond acceptors (Lipinski definition) is 1. The monoisotopic (exact) mass is 293 g/mol. The van der Waals surface area contributed by atoms with Crippen LogP contribution in [0.25, 0.3) is 32.3 Å². The van der Waals surface area contributed by atoms with Gasteiger partial charge in [0.25, 0.3) is 0 Å². The van der Waals surface area contributed by atoms with E-state index in [1.807, 2.05) is 6.07 Å². The molecule has 0 heterocycles. The minimum absolute atomic E-state index is 1.11. The van der Waals surface area contributed by atoms with Gasteiger partial charge >= 0.3 is 0 Å². The third-order valence-electron chi connectivity index (χ3n) is 4.56. The minimum Gasteiger partial charge on any atom is -0.355 e. The van der Waals surface area contributed by atoms with Crippen molar-refractivity contribution in [1.29, 1.82) is 0 Å². The van der Waals surface area contributed by atoms with E-state index in [1.165, 1.54) is 32.3 Å². The summed E-state index contributed by atoms with van der Waals surface area (Å²) in [5.74, 6) is 0. The van der Waals surface area contributed by atoms with Gasteiger partial charge in [-0.2, -0.15) is 0 Å². The van der Waals surface area contributed by atoms with E-state index in [-0.39, 0.29) is 0 Å². The summed E-state index contributed by atoms with van der Waals surface area (Å²) in [4.78, 5) is 0. The highest BCUT2D eigenvalue weighted by Crippen LogP contribution is 2.39. The fraction of sp³-hybridized carbons (Fsp3) is 0. The molecule has 1 heteroatoms. The Balaban J connectivity index is 1.88. The van der Waals surface area contributed by atoms with Crippen LogP contribution in [0.2, 0.25) is 0 Å². The van der Waals surface area contributed by atoms with E-state index in [4.69, 9.17) is 0 Å². The molecule has 5 aromatic carbocycles. The van der Waals surface area contributed by atoms with Crippen LogP contribution in [0.4, 0.5) is 11.4 Å². The smallest absolute Gasteiger partial charge is 0.0470 e. The highest BCUT2D eigenvalue weighted by molar-refractivity contribution is 6.26. The van der Waals surface area contributed by atoms with E-state index >= 15 is 0 Å². The molecule has 108 valence electrons. The standard InChI is InChI=1S/C22H15N/c1-2-9-18(10-3-1)23-20-14-17-8-4-6-15-12-13-16-7-5-11-19(20)22(16)21(15)17/h1-14,23H. The molecular formula is C22H15N. The molecule has 5 aromatic rings. The number of benzene rings is 5. The normalized spacial score (nSPS) is 11.5. The van der Waals surface area contributed by atoms with Crippen molar-refractivity contribution >= 4 is 43.7 Å². The molecule has 0 radical (unpaired) electrons. The van der Waals surface area contributed by atoms with Crippen molar-refractivity contribution in [2.24, 2.45) is 0 Å². The molecule has 0 saturated carbocycles. The molecule has 0 amide bonds. The van der Waals surface area contributed by atoms with Crippen molar-refractivity contribution in [2.75, 3.05) is 5.32 Å². The first-order chi connectivity index (χ1) is 11.4. The van der Waals surface area contributed by atoms with Crippen molar-refractivity contribution in [3.8, 4) is 0 Å². The molecule has 0 aromatic heterocycles. The van der Waals surface area contributed by atoms with Crippen LogP contribution < -0.4 is 5.32 Å². The average Bonchev–Trinajstić information content (AvgIpc) is 2.61. The Bertz CT molecular complexity index is 1130. The van der Waals surface area contributed by atoms with Gasteiger partial charge in [-0.3, -0.25) is 0 Å². The third-order valence-corrected chi connectivity index (χ3v) is 4.56. The van der Waals surface area contributed by atoms with Gasteiger partial charge in [0.2, 0.25) is 0 Å². The average molecular weight is 293 g/mol. The highest BCUT2D eigenvalue weighted by atomic mass is 14.9. The summed E-state index contributed by atoms with van der Waals surface area (Å²) >= 11 is 0. The molecule has 0 atom stereocenters. The largest absolute Gasteiger partial charge is 0.355 e. The first-order valence-corrected chi connectivity index (χ1v) is 7.89. The number of rotatable bonds is 2. The second-order valence-electron chi connectivity index (χ2n) is 5.96. The Morgan fingerprint density at radius 1 is 0.522 bits per heavy atom. The summed E-state index contributed by atoms with van der Waals surface area (Å²) in [7, 11) is 0. The van der Waals surface area contributed by atoms with Crippen molar-refractivity contribution in [1.82, 2.24) is 0 Å². The van der Waals surface area contributed by atoms with Crippen LogP contribution in [-0.2, 0) is 0 Å². The van der Waals surface area contributed by atoms with E-state index in [0.717, 1.165) is 11.4 Å². The lowest BCUT2D eigenvalue weighted by molar-refractivity contribution is 1.59. The molecule has 0 spiro atoms. The van der Waals surface area contributed by atoms with E-state index in [2.05, 4.69) is 84.2 Å². The zero-order valence-electron chi connectivity index (χ0n) is 12.6. The van der Waals surface area contributed by atoms with E-state index in [9.17, 15) is 0 Å². The van der Waals surface area contributed by atoms with Gasteiger partial charge in [-0.25, -0.2) is 0 Å². The fourth-order valence-electron chi connectivity index (χ4n) is 3.54. The minimum atomic E-state index is 1.11. The van der Waals surface area contributed by atoms with Crippen molar-refractivity contribution in [2.45, 2.75) is 0 Å². The van der Waals surface area contributed by atoms with Crippen LogP contribution in [-0.4, -0.2) is 0 Å². The number of nitrogens with one attached hydrogen (secondary N) is 1. The molecule has 1 N–H and O–H groups in total. The van der Waals surface area contributed by atoms with Gasteiger partial charge in [0.15, 0.2) is 0 Å². The molecule has 0 bridgehead atoms. The lowest BCUT2D eigenvalue weighted by Crippen LogP contribution is -1.93. The Labute approximate surface area is 134 Å². The van der Waals surface area contributed by atoms with E-state index < -0.39 is 0 Å². The second-order valence-corrected chi connectivity index (χ2v) is 5.96. The van der Waals surface area contributed by atoms with Crippen LogP contribution in [0.15, 0.2) is 84.9 Å². The Hall–Kier alpha value is -3.06. The predicted octanol–water partition coefficient (Wildman–Crippen LogP) is 6.33. The highest BCUT2D eigenvalue weighted by Gasteiger charge is 2.11. The van der Waals surface area contributed by atoms with Gasteiger partial charge in [-0.15, -0.1) is 0 Å². The van der Waals surface area contributed by atoms with Gasteiger partial charge in [0, 0.05) is 16.8 Å². The zero-order valence-corrected chi connectivity index (χ0v) is 12.6. The van der Waals surface area contributed by atoms with Crippen molar-refractivity contribution in [3.63, 3.8) is 0 Å². The maximum Gasteiger partial charge on any atom is 0.0470 e. The van der Waals surface area contributed by atoms with Gasteiger partial charge in [0.05, 0.1) is 0 Å². The van der Waals surface area contributed by atoms with Gasteiger partial charge < -0.3 is 5.32 Å². The molecule has 0 aliphatic heterocycles. The lowest BCUT2D eigenvalue weighted by atomic mass is 9.93. The quantitative estimate of drug-likeness (QED) is 0.375. The Kier molecular flexibility index (Phi) is 2.56. The lowest BCUT2D eigenvalue weighted by Gasteiger charge is -2.15. The first kappa shape index (κ1) is 12.5. The number of anilines is 2. The fourth-order valence-corrected chi connectivity index (χ4v) is 3.54. The summed E-state index contributed by atoms with van der Waals surface area (Å²) < 4.78 is 0. The topological polar surface area (TPSA) is 12.0 Å². The summed E-state index contributed by atoms with van der Waals surface area (Å²) in [5.41, 5.74) is 2.27. The Morgan fingerprint density at radius 2 is 1.22 bits per heavy atom. The predicted molar refractivity (Wildman–Crippen MR) is 99.9 cm³/mol. The van der Waals surface area contributed by atoms with E-state index in [0.29, 0.717) is 0 Å². The van der Waals surface area contributed by atoms with Crippen molar-refractivity contribution < 1.29 is 0 Å². The molecular weight excluding hydrogens is 278 g/mol.